The molecule has 0 unspecified atom stereocenters. The van der Waals surface area contributed by atoms with E-state index < -0.39 is 0 Å². The maximum atomic E-state index is 12.5. The zero-order valence-electron chi connectivity index (χ0n) is 15.5. The minimum Gasteiger partial charge on any atom is -0.455 e. The molecule has 4 rings (SSSR count). The summed E-state index contributed by atoms with van der Waals surface area (Å²) < 4.78 is 7.87. The van der Waals surface area contributed by atoms with Crippen LogP contribution in [-0.4, -0.2) is 21.2 Å². The summed E-state index contributed by atoms with van der Waals surface area (Å²) in [5.41, 5.74) is 6.34. The number of carbonyl (C=O) groups excluding carboxylic acids is 1. The Morgan fingerprint density at radius 2 is 2.04 bits per heavy atom. The van der Waals surface area contributed by atoms with Gasteiger partial charge in [0.2, 0.25) is 0 Å². The van der Waals surface area contributed by atoms with Gasteiger partial charge in [0, 0.05) is 17.5 Å². The van der Waals surface area contributed by atoms with E-state index in [9.17, 15) is 4.79 Å². The van der Waals surface area contributed by atoms with Crippen molar-refractivity contribution in [2.75, 3.05) is 0 Å². The van der Waals surface area contributed by atoms with Gasteiger partial charge in [0.25, 0.3) is 5.91 Å². The summed E-state index contributed by atoms with van der Waals surface area (Å²) in [6.07, 6.45) is 0. The van der Waals surface area contributed by atoms with E-state index in [-0.39, 0.29) is 5.91 Å². The minimum absolute atomic E-state index is 0.281. The number of para-hydroxylation sites is 1. The van der Waals surface area contributed by atoms with Crippen LogP contribution >= 0.6 is 0 Å². The number of nitrogens with one attached hydrogen (secondary N) is 1. The van der Waals surface area contributed by atoms with Crippen LogP contribution in [0.2, 0.25) is 0 Å². The van der Waals surface area contributed by atoms with Crippen molar-refractivity contribution in [3.8, 4) is 0 Å². The Balaban J connectivity index is 1.56. The lowest BCUT2D eigenvalue weighted by Gasteiger charge is -2.03. The first-order chi connectivity index (χ1) is 13.1. The number of aromatic nitrogens is 2. The van der Waals surface area contributed by atoms with Gasteiger partial charge in [0.15, 0.2) is 5.76 Å². The molecule has 0 bridgehead atoms. The second kappa shape index (κ2) is 6.72. The molecule has 1 amide bonds. The maximum Gasteiger partial charge on any atom is 0.271 e. The second-order valence-corrected chi connectivity index (χ2v) is 6.39. The van der Waals surface area contributed by atoms with E-state index >= 15 is 0 Å². The molecule has 0 saturated carbocycles. The van der Waals surface area contributed by atoms with Crippen LogP contribution < -0.4 is 5.43 Å². The number of hydrazone groups is 1. The Bertz CT molecular complexity index is 1150. The first kappa shape index (κ1) is 17.0. The molecular formula is C21H20N4O2. The number of aryl methyl sites for hydroxylation is 2. The molecule has 6 heteroatoms. The van der Waals surface area contributed by atoms with E-state index in [1.807, 2.05) is 43.3 Å². The average Bonchev–Trinajstić information content (AvgIpc) is 3.24. The molecule has 6 nitrogen and oxygen atoms in total. The van der Waals surface area contributed by atoms with Gasteiger partial charge in [-0.1, -0.05) is 18.2 Å². The first-order valence-corrected chi connectivity index (χ1v) is 8.87. The van der Waals surface area contributed by atoms with Gasteiger partial charge < -0.3 is 8.98 Å². The molecule has 4 aromatic rings. The third-order valence-corrected chi connectivity index (χ3v) is 4.62. The quantitative estimate of drug-likeness (QED) is 0.436. The van der Waals surface area contributed by atoms with Gasteiger partial charge in [-0.25, -0.2) is 10.4 Å². The van der Waals surface area contributed by atoms with Crippen molar-refractivity contribution in [1.29, 1.82) is 0 Å². The highest BCUT2D eigenvalue weighted by Gasteiger charge is 2.11. The molecule has 2 aromatic heterocycles. The molecule has 0 fully saturated rings. The van der Waals surface area contributed by atoms with E-state index in [1.165, 1.54) is 0 Å². The van der Waals surface area contributed by atoms with Crippen molar-refractivity contribution in [2.24, 2.45) is 5.10 Å². The Morgan fingerprint density at radius 3 is 2.81 bits per heavy atom. The van der Waals surface area contributed by atoms with Crippen molar-refractivity contribution < 1.29 is 9.21 Å². The molecule has 0 atom stereocenters. The topological polar surface area (TPSA) is 72.4 Å². The summed E-state index contributed by atoms with van der Waals surface area (Å²) in [5.74, 6) is 1.28. The molecule has 0 spiro atoms. The lowest BCUT2D eigenvalue weighted by molar-refractivity contribution is 0.0955. The van der Waals surface area contributed by atoms with Crippen LogP contribution in [0.25, 0.3) is 22.0 Å². The number of furan rings is 1. The Hall–Kier alpha value is -3.41. The molecule has 1 N–H and O–H groups in total. The number of rotatable bonds is 4. The second-order valence-electron chi connectivity index (χ2n) is 6.39. The summed E-state index contributed by atoms with van der Waals surface area (Å²) in [6, 6.07) is 15.1. The van der Waals surface area contributed by atoms with Gasteiger partial charge in [-0.3, -0.25) is 4.79 Å². The third-order valence-electron chi connectivity index (χ3n) is 4.62. The normalized spacial score (nSPS) is 12.0. The molecule has 2 aromatic carbocycles. The largest absolute Gasteiger partial charge is 0.455 e. The number of amides is 1. The predicted molar refractivity (Wildman–Crippen MR) is 106 cm³/mol. The SMILES string of the molecule is CCn1c(C)nc2cc(C(=O)N/N=C(/C)c3cc4ccccc4o3)ccc21. The summed E-state index contributed by atoms with van der Waals surface area (Å²) in [4.78, 5) is 17.0. The van der Waals surface area contributed by atoms with E-state index in [2.05, 4.69) is 27.0 Å². The van der Waals surface area contributed by atoms with Crippen molar-refractivity contribution in [3.05, 3.63) is 65.7 Å². The molecule has 0 aliphatic rings. The van der Waals surface area contributed by atoms with Gasteiger partial charge >= 0.3 is 0 Å². The number of hydrogen-bond acceptors (Lipinski definition) is 4. The van der Waals surface area contributed by atoms with E-state index in [1.54, 1.807) is 19.1 Å². The van der Waals surface area contributed by atoms with Crippen LogP contribution in [-0.2, 0) is 6.54 Å². The van der Waals surface area contributed by atoms with E-state index in [4.69, 9.17) is 4.42 Å². The molecule has 27 heavy (non-hydrogen) atoms. The zero-order chi connectivity index (χ0) is 19.0. The van der Waals surface area contributed by atoms with Crippen LogP contribution in [0.3, 0.4) is 0 Å². The molecule has 0 aliphatic heterocycles. The third kappa shape index (κ3) is 3.10. The fraction of sp³-hybridized carbons (Fsp3) is 0.190. The van der Waals surface area contributed by atoms with Gasteiger partial charge in [0.05, 0.1) is 11.0 Å². The zero-order valence-corrected chi connectivity index (χ0v) is 15.5. The smallest absolute Gasteiger partial charge is 0.271 e. The van der Waals surface area contributed by atoms with Crippen molar-refractivity contribution in [2.45, 2.75) is 27.3 Å². The van der Waals surface area contributed by atoms with Crippen LogP contribution in [0.4, 0.5) is 0 Å². The van der Waals surface area contributed by atoms with Gasteiger partial charge in [-0.2, -0.15) is 5.10 Å². The summed E-state index contributed by atoms with van der Waals surface area (Å²) in [7, 11) is 0. The highest BCUT2D eigenvalue weighted by molar-refractivity contribution is 6.02. The maximum absolute atomic E-state index is 12.5. The monoisotopic (exact) mass is 360 g/mol. The number of fused-ring (bicyclic) bond motifs is 2. The van der Waals surface area contributed by atoms with Gasteiger partial charge in [-0.05, 0) is 51.1 Å². The number of nitrogens with zero attached hydrogens (tertiary/aromatic N) is 3. The molecule has 2 heterocycles. The lowest BCUT2D eigenvalue weighted by atomic mass is 10.2. The summed E-state index contributed by atoms with van der Waals surface area (Å²) >= 11 is 0. The molecule has 0 radical (unpaired) electrons. The number of imidazole rings is 1. The lowest BCUT2D eigenvalue weighted by Crippen LogP contribution is -2.19. The fourth-order valence-electron chi connectivity index (χ4n) is 3.21. The van der Waals surface area contributed by atoms with Crippen molar-refractivity contribution in [3.63, 3.8) is 0 Å². The first-order valence-electron chi connectivity index (χ1n) is 8.87. The molecule has 0 saturated heterocycles. The fourth-order valence-corrected chi connectivity index (χ4v) is 3.21. The van der Waals surface area contributed by atoms with Crippen LogP contribution in [0.5, 0.6) is 0 Å². The van der Waals surface area contributed by atoms with Crippen LogP contribution in [0.15, 0.2) is 58.0 Å². The number of hydrogen-bond donors (Lipinski definition) is 1. The summed E-state index contributed by atoms with van der Waals surface area (Å²) in [6.45, 7) is 6.68. The Morgan fingerprint density at radius 1 is 1.22 bits per heavy atom. The predicted octanol–water partition coefficient (Wildman–Crippen LogP) is 4.26. The van der Waals surface area contributed by atoms with E-state index in [0.717, 1.165) is 34.4 Å². The molecule has 136 valence electrons. The highest BCUT2D eigenvalue weighted by atomic mass is 16.3. The highest BCUT2D eigenvalue weighted by Crippen LogP contribution is 2.20. The van der Waals surface area contributed by atoms with Crippen LogP contribution in [0.1, 0.15) is 35.8 Å². The van der Waals surface area contributed by atoms with Crippen LogP contribution in [0, 0.1) is 6.92 Å². The van der Waals surface area contributed by atoms with E-state index in [0.29, 0.717) is 17.0 Å². The molecule has 0 aliphatic carbocycles. The number of carbonyl (C=O) groups is 1. The standard InChI is InChI=1S/C21H20N4O2/c1-4-25-14(3)22-17-11-16(9-10-18(17)25)21(26)24-23-13(2)20-12-15-7-5-6-8-19(15)27-20/h5-12H,4H2,1-3H3,(H,24,26)/b23-13-. The Kier molecular flexibility index (Phi) is 4.24. The van der Waals surface area contributed by atoms with Crippen molar-refractivity contribution >= 4 is 33.6 Å². The minimum atomic E-state index is -0.281. The van der Waals surface area contributed by atoms with Gasteiger partial charge in [0.1, 0.15) is 17.1 Å². The summed E-state index contributed by atoms with van der Waals surface area (Å²) in [5, 5.41) is 5.18. The average molecular weight is 360 g/mol. The van der Waals surface area contributed by atoms with Gasteiger partial charge in [-0.15, -0.1) is 0 Å². The van der Waals surface area contributed by atoms with Crippen molar-refractivity contribution in [1.82, 2.24) is 15.0 Å². The molecular weight excluding hydrogens is 340 g/mol. The number of benzene rings is 2. The Labute approximate surface area is 156 Å².